The first-order valence-electron chi connectivity index (χ1n) is 13.6. The Morgan fingerprint density at radius 1 is 1.21 bits per heavy atom. The topological polar surface area (TPSA) is 109 Å². The van der Waals surface area contributed by atoms with Crippen molar-refractivity contribution in [1.29, 1.82) is 0 Å². The molecule has 4 heterocycles. The number of hydrogen-bond donors (Lipinski definition) is 2. The molecule has 3 aliphatic rings. The van der Waals surface area contributed by atoms with E-state index in [1.54, 1.807) is 22.1 Å². The van der Waals surface area contributed by atoms with Crippen LogP contribution in [-0.2, 0) is 11.2 Å². The van der Waals surface area contributed by atoms with E-state index < -0.39 is 5.60 Å². The molecule has 1 atom stereocenters. The van der Waals surface area contributed by atoms with Crippen LogP contribution in [0.5, 0.6) is 5.75 Å². The molecule has 1 aromatic heterocycles. The number of benzene rings is 1. The summed E-state index contributed by atoms with van der Waals surface area (Å²) in [6, 6.07) is 7.71. The highest BCUT2D eigenvalue weighted by Crippen LogP contribution is 2.29. The second-order valence-corrected chi connectivity index (χ2v) is 11.3. The molecule has 2 amide bonds. The summed E-state index contributed by atoms with van der Waals surface area (Å²) in [5.41, 5.74) is 1.15. The fraction of sp³-hybridized carbons (Fsp3) is 0.571. The molecule has 0 saturated carbocycles. The van der Waals surface area contributed by atoms with Crippen LogP contribution in [0.3, 0.4) is 0 Å². The first-order chi connectivity index (χ1) is 18.2. The van der Waals surface area contributed by atoms with Crippen LogP contribution < -0.4 is 20.3 Å². The Labute approximate surface area is 224 Å². The van der Waals surface area contributed by atoms with Crippen LogP contribution in [0.4, 0.5) is 16.6 Å². The molecule has 2 fully saturated rings. The number of rotatable bonds is 6. The van der Waals surface area contributed by atoms with Gasteiger partial charge in [-0.3, -0.25) is 9.69 Å². The molecule has 0 radical (unpaired) electrons. The Hall–Kier alpha value is -3.40. The first-order valence-corrected chi connectivity index (χ1v) is 13.6. The zero-order valence-electron chi connectivity index (χ0n) is 22.5. The molecule has 2 aromatic rings. The van der Waals surface area contributed by atoms with Crippen LogP contribution in [0.25, 0.3) is 0 Å². The van der Waals surface area contributed by atoms with E-state index in [0.29, 0.717) is 43.6 Å². The molecule has 2 saturated heterocycles. The standard InChI is InChI=1S/C28H38N6O4/c1-28(2,3)38-27(36)33-13-8-19(9-14-33)18-34(25(35)21-4-5-23-20(16-21)10-15-37-23)24-7-12-30-26(32-24)31-22-6-11-29-17-22/h4-5,7,12,16,19,22,29H,6,8-11,13-15,17-18H2,1-3H3,(H,30,31,32)/t22-/m1/s1. The second kappa shape index (κ2) is 11.1. The maximum Gasteiger partial charge on any atom is 0.410 e. The molecule has 0 unspecified atom stereocenters. The fourth-order valence-electron chi connectivity index (χ4n) is 5.17. The van der Waals surface area contributed by atoms with E-state index in [0.717, 1.165) is 50.1 Å². The van der Waals surface area contributed by atoms with Crippen molar-refractivity contribution in [2.75, 3.05) is 49.5 Å². The smallest absolute Gasteiger partial charge is 0.410 e. The lowest BCUT2D eigenvalue weighted by molar-refractivity contribution is 0.0185. The zero-order valence-corrected chi connectivity index (χ0v) is 22.5. The van der Waals surface area contributed by atoms with Gasteiger partial charge in [-0.05, 0) is 82.3 Å². The van der Waals surface area contributed by atoms with Crippen LogP contribution in [0, 0.1) is 5.92 Å². The van der Waals surface area contributed by atoms with Gasteiger partial charge in [0.15, 0.2) is 0 Å². The Balaban J connectivity index is 1.33. The van der Waals surface area contributed by atoms with E-state index in [1.165, 1.54) is 0 Å². The van der Waals surface area contributed by atoms with Gasteiger partial charge in [-0.2, -0.15) is 4.98 Å². The molecular weight excluding hydrogens is 484 g/mol. The van der Waals surface area contributed by atoms with Gasteiger partial charge in [-0.15, -0.1) is 0 Å². The largest absolute Gasteiger partial charge is 0.493 e. The van der Waals surface area contributed by atoms with Crippen LogP contribution in [0.2, 0.25) is 0 Å². The number of nitrogens with zero attached hydrogens (tertiary/aromatic N) is 4. The Morgan fingerprint density at radius 3 is 2.76 bits per heavy atom. The van der Waals surface area contributed by atoms with E-state index in [9.17, 15) is 9.59 Å². The van der Waals surface area contributed by atoms with Crippen LogP contribution in [0.15, 0.2) is 30.5 Å². The van der Waals surface area contributed by atoms with Crippen molar-refractivity contribution in [2.24, 2.45) is 5.92 Å². The highest BCUT2D eigenvalue weighted by atomic mass is 16.6. The molecule has 3 aliphatic heterocycles. The van der Waals surface area contributed by atoms with Crippen LogP contribution in [0.1, 0.15) is 56.0 Å². The number of ether oxygens (including phenoxy) is 2. The number of amides is 2. The molecular formula is C28H38N6O4. The Bertz CT molecular complexity index is 1150. The van der Waals surface area contributed by atoms with Crippen molar-refractivity contribution < 1.29 is 19.1 Å². The zero-order chi connectivity index (χ0) is 26.7. The molecule has 0 aliphatic carbocycles. The molecule has 0 spiro atoms. The maximum atomic E-state index is 13.9. The minimum Gasteiger partial charge on any atom is -0.493 e. The summed E-state index contributed by atoms with van der Waals surface area (Å²) in [4.78, 5) is 39.1. The number of aromatic nitrogens is 2. The van der Waals surface area contributed by atoms with Gasteiger partial charge in [-0.1, -0.05) is 0 Å². The molecule has 2 N–H and O–H groups in total. The van der Waals surface area contributed by atoms with Gasteiger partial charge in [0.1, 0.15) is 17.2 Å². The van der Waals surface area contributed by atoms with E-state index in [1.807, 2.05) is 39.0 Å². The van der Waals surface area contributed by atoms with Crippen molar-refractivity contribution in [1.82, 2.24) is 20.2 Å². The van der Waals surface area contributed by atoms with Crippen molar-refractivity contribution in [2.45, 2.75) is 58.1 Å². The number of likely N-dealkylation sites (tertiary alicyclic amines) is 1. The van der Waals surface area contributed by atoms with Crippen molar-refractivity contribution in [3.05, 3.63) is 41.6 Å². The fourth-order valence-corrected chi connectivity index (χ4v) is 5.17. The van der Waals surface area contributed by atoms with Gasteiger partial charge >= 0.3 is 6.09 Å². The molecule has 1 aromatic carbocycles. The van der Waals surface area contributed by atoms with Crippen molar-refractivity contribution in [3.8, 4) is 5.75 Å². The molecule has 10 nitrogen and oxygen atoms in total. The van der Waals surface area contributed by atoms with Crippen LogP contribution >= 0.6 is 0 Å². The quantitative estimate of drug-likeness (QED) is 0.594. The number of nitrogens with one attached hydrogen (secondary N) is 2. The maximum absolute atomic E-state index is 13.9. The van der Waals surface area contributed by atoms with Gasteiger partial charge in [-0.25, -0.2) is 9.78 Å². The van der Waals surface area contributed by atoms with E-state index in [-0.39, 0.29) is 24.0 Å². The summed E-state index contributed by atoms with van der Waals surface area (Å²) in [7, 11) is 0. The average Bonchev–Trinajstić information content (AvgIpc) is 3.58. The van der Waals surface area contributed by atoms with Crippen LogP contribution in [-0.4, -0.2) is 77.8 Å². The highest BCUT2D eigenvalue weighted by molar-refractivity contribution is 6.05. The van der Waals surface area contributed by atoms with Crippen molar-refractivity contribution in [3.63, 3.8) is 0 Å². The average molecular weight is 523 g/mol. The van der Waals surface area contributed by atoms with Gasteiger partial charge in [0.2, 0.25) is 5.95 Å². The molecule has 10 heteroatoms. The first kappa shape index (κ1) is 26.2. The van der Waals surface area contributed by atoms with E-state index in [4.69, 9.17) is 14.5 Å². The molecule has 0 bridgehead atoms. The monoisotopic (exact) mass is 522 g/mol. The Morgan fingerprint density at radius 2 is 2.03 bits per heavy atom. The summed E-state index contributed by atoms with van der Waals surface area (Å²) in [5.74, 6) is 2.07. The highest BCUT2D eigenvalue weighted by Gasteiger charge is 2.30. The number of carbonyl (C=O) groups is 2. The number of carbonyl (C=O) groups excluding carboxylic acids is 2. The number of piperidine rings is 1. The SMILES string of the molecule is CC(C)(C)OC(=O)N1CCC(CN(C(=O)c2ccc3c(c2)CCO3)c2ccnc(N[C@@H]3CCNC3)n2)CC1. The minimum absolute atomic E-state index is 0.0959. The third-order valence-electron chi connectivity index (χ3n) is 7.20. The van der Waals surface area contributed by atoms with Gasteiger partial charge in [0.05, 0.1) is 6.61 Å². The Kier molecular flexibility index (Phi) is 7.69. The second-order valence-electron chi connectivity index (χ2n) is 11.3. The summed E-state index contributed by atoms with van der Waals surface area (Å²) >= 11 is 0. The minimum atomic E-state index is -0.522. The lowest BCUT2D eigenvalue weighted by Crippen LogP contribution is -2.45. The number of fused-ring (bicyclic) bond motifs is 1. The van der Waals surface area contributed by atoms with Crippen molar-refractivity contribution >= 4 is 23.8 Å². The summed E-state index contributed by atoms with van der Waals surface area (Å²) < 4.78 is 11.2. The molecule has 5 rings (SSSR count). The lowest BCUT2D eigenvalue weighted by Gasteiger charge is -2.35. The predicted molar refractivity (Wildman–Crippen MR) is 145 cm³/mol. The predicted octanol–water partition coefficient (Wildman–Crippen LogP) is 3.48. The van der Waals surface area contributed by atoms with E-state index in [2.05, 4.69) is 15.6 Å². The summed E-state index contributed by atoms with van der Waals surface area (Å²) in [6.45, 7) is 9.81. The lowest BCUT2D eigenvalue weighted by atomic mass is 9.96. The van der Waals surface area contributed by atoms with E-state index >= 15 is 0 Å². The summed E-state index contributed by atoms with van der Waals surface area (Å²) in [5, 5.41) is 6.73. The third kappa shape index (κ3) is 6.35. The van der Waals surface area contributed by atoms with Gasteiger partial charge < -0.3 is 25.0 Å². The number of hydrogen-bond acceptors (Lipinski definition) is 8. The van der Waals surface area contributed by atoms with Gasteiger partial charge in [0, 0.05) is 50.4 Å². The van der Waals surface area contributed by atoms with Gasteiger partial charge in [0.25, 0.3) is 5.91 Å². The normalized spacial score (nSPS) is 19.6. The number of anilines is 2. The summed E-state index contributed by atoms with van der Waals surface area (Å²) in [6.07, 6.45) is 4.79. The third-order valence-corrected chi connectivity index (χ3v) is 7.20. The molecule has 204 valence electrons. The molecule has 38 heavy (non-hydrogen) atoms.